The average molecular weight is 308 g/mol. The molecule has 116 valence electrons. The third-order valence-electron chi connectivity index (χ3n) is 5.45. The molecule has 0 saturated heterocycles. The summed E-state index contributed by atoms with van der Waals surface area (Å²) < 4.78 is 0. The molecule has 0 N–H and O–H groups in total. The zero-order valence-electron chi connectivity index (χ0n) is 13.8. The maximum atomic E-state index is 2.44. The Bertz CT molecular complexity index is 1140. The third kappa shape index (κ3) is 2.06. The molecule has 0 heterocycles. The van der Waals surface area contributed by atoms with E-state index in [1.807, 2.05) is 0 Å². The van der Waals surface area contributed by atoms with Gasteiger partial charge in [-0.2, -0.15) is 0 Å². The minimum atomic E-state index is 1.06. The second-order valence-corrected chi connectivity index (χ2v) is 6.80. The summed E-state index contributed by atoms with van der Waals surface area (Å²) in [6.45, 7) is 0. The van der Waals surface area contributed by atoms with E-state index in [2.05, 4.69) is 72.8 Å². The molecule has 3 aromatic rings. The summed E-state index contributed by atoms with van der Waals surface area (Å²) in [7, 11) is 0. The van der Waals surface area contributed by atoms with Crippen LogP contribution in [-0.2, 0) is 12.8 Å². The molecule has 0 unspecified atom stereocenters. The van der Waals surface area contributed by atoms with Gasteiger partial charge in [0.05, 0.1) is 0 Å². The lowest BCUT2D eigenvalue weighted by Gasteiger charge is -2.17. The summed E-state index contributed by atoms with van der Waals surface area (Å²) in [5.41, 5.74) is 5.80. The highest BCUT2D eigenvalue weighted by molar-refractivity contribution is 5.66. The van der Waals surface area contributed by atoms with E-state index in [4.69, 9.17) is 0 Å². The normalized spacial score (nSPS) is 14.7. The van der Waals surface area contributed by atoms with Crippen LogP contribution in [0.15, 0.2) is 60.7 Å². The van der Waals surface area contributed by atoms with Crippen molar-refractivity contribution in [2.45, 2.75) is 25.7 Å². The third-order valence-corrected chi connectivity index (χ3v) is 5.45. The largest absolute Gasteiger partial charge is 0.0770 e. The van der Waals surface area contributed by atoms with Gasteiger partial charge in [-0.3, -0.25) is 0 Å². The summed E-state index contributed by atoms with van der Waals surface area (Å²) in [4.78, 5) is 0. The van der Waals surface area contributed by atoms with E-state index < -0.39 is 0 Å². The fraction of sp³-hybridized carbons (Fsp3) is 0.167. The van der Waals surface area contributed by atoms with Gasteiger partial charge in [0.1, 0.15) is 0 Å². The van der Waals surface area contributed by atoms with Crippen molar-refractivity contribution in [1.29, 1.82) is 0 Å². The van der Waals surface area contributed by atoms with Gasteiger partial charge in [0, 0.05) is 0 Å². The van der Waals surface area contributed by atoms with E-state index in [0.29, 0.717) is 0 Å². The Kier molecular flexibility index (Phi) is 3.16. The molecule has 0 aliphatic heterocycles. The molecule has 0 fully saturated rings. The van der Waals surface area contributed by atoms with Crippen molar-refractivity contribution in [3.05, 3.63) is 92.7 Å². The van der Waals surface area contributed by atoms with E-state index in [-0.39, 0.29) is 0 Å². The van der Waals surface area contributed by atoms with Crippen LogP contribution in [0.5, 0.6) is 0 Å². The molecule has 0 atom stereocenters. The topological polar surface area (TPSA) is 0 Å². The lowest BCUT2D eigenvalue weighted by Crippen LogP contribution is -2.20. The smallest absolute Gasteiger partial charge is 0.00789 e. The van der Waals surface area contributed by atoms with Crippen molar-refractivity contribution in [2.24, 2.45) is 0 Å². The van der Waals surface area contributed by atoms with Crippen LogP contribution in [0, 0.1) is 10.4 Å². The Balaban J connectivity index is 1.90. The van der Waals surface area contributed by atoms with Crippen molar-refractivity contribution in [1.82, 2.24) is 0 Å². The summed E-state index contributed by atoms with van der Waals surface area (Å²) in [6, 6.07) is 22.2. The summed E-state index contributed by atoms with van der Waals surface area (Å²) in [6.07, 6.45) is 9.66. The highest BCUT2D eigenvalue weighted by Gasteiger charge is 2.12. The lowest BCUT2D eigenvalue weighted by atomic mass is 9.87. The monoisotopic (exact) mass is 308 g/mol. The fourth-order valence-electron chi connectivity index (χ4n) is 4.31. The Labute approximate surface area is 142 Å². The van der Waals surface area contributed by atoms with Crippen molar-refractivity contribution in [2.75, 3.05) is 0 Å². The molecule has 0 aromatic heterocycles. The van der Waals surface area contributed by atoms with Crippen LogP contribution in [-0.4, -0.2) is 0 Å². The van der Waals surface area contributed by atoms with E-state index >= 15 is 0 Å². The van der Waals surface area contributed by atoms with Crippen LogP contribution in [0.3, 0.4) is 0 Å². The minimum absolute atomic E-state index is 1.06. The first-order valence-corrected chi connectivity index (χ1v) is 8.92. The second kappa shape index (κ2) is 5.49. The Hall–Kier alpha value is -2.60. The van der Waals surface area contributed by atoms with Crippen LogP contribution < -0.4 is 10.4 Å². The zero-order chi connectivity index (χ0) is 15.9. The van der Waals surface area contributed by atoms with Gasteiger partial charge in [0.15, 0.2) is 0 Å². The van der Waals surface area contributed by atoms with Gasteiger partial charge in [-0.25, -0.2) is 0 Å². The SMILES string of the molecule is C1=c2ccc3c(c2CCC1)CC=c1c(-c2ccccc2)cccc1=3. The van der Waals surface area contributed by atoms with E-state index in [0.717, 1.165) is 6.42 Å². The molecule has 0 saturated carbocycles. The predicted octanol–water partition coefficient (Wildman–Crippen LogP) is 4.09. The molecule has 2 aliphatic rings. The molecule has 0 spiro atoms. The number of benzene rings is 3. The number of fused-ring (bicyclic) bond motifs is 4. The van der Waals surface area contributed by atoms with Gasteiger partial charge >= 0.3 is 0 Å². The van der Waals surface area contributed by atoms with Crippen LogP contribution in [0.4, 0.5) is 0 Å². The van der Waals surface area contributed by atoms with Crippen LogP contribution in [0.1, 0.15) is 24.0 Å². The van der Waals surface area contributed by atoms with Gasteiger partial charge in [-0.15, -0.1) is 0 Å². The molecule has 5 rings (SSSR count). The van der Waals surface area contributed by atoms with Gasteiger partial charge < -0.3 is 0 Å². The lowest BCUT2D eigenvalue weighted by molar-refractivity contribution is 0.824. The summed E-state index contributed by atoms with van der Waals surface area (Å²) >= 11 is 0. The van der Waals surface area contributed by atoms with Gasteiger partial charge in [0.25, 0.3) is 0 Å². The van der Waals surface area contributed by atoms with Crippen molar-refractivity contribution < 1.29 is 0 Å². The van der Waals surface area contributed by atoms with E-state index in [1.54, 1.807) is 11.1 Å². The van der Waals surface area contributed by atoms with Gasteiger partial charge in [0.2, 0.25) is 0 Å². The quantitative estimate of drug-likeness (QED) is 0.635. The molecular formula is C24H20. The number of hydrogen-bond acceptors (Lipinski definition) is 0. The second-order valence-electron chi connectivity index (χ2n) is 6.80. The van der Waals surface area contributed by atoms with E-state index in [9.17, 15) is 0 Å². The van der Waals surface area contributed by atoms with Crippen molar-refractivity contribution in [3.63, 3.8) is 0 Å². The molecule has 0 heteroatoms. The van der Waals surface area contributed by atoms with E-state index in [1.165, 1.54) is 51.3 Å². The summed E-state index contributed by atoms with van der Waals surface area (Å²) in [5.74, 6) is 0. The first kappa shape index (κ1) is 13.8. The van der Waals surface area contributed by atoms with Crippen molar-refractivity contribution >= 4 is 12.2 Å². The highest BCUT2D eigenvalue weighted by atomic mass is 14.2. The summed E-state index contributed by atoms with van der Waals surface area (Å²) in [5, 5.41) is 5.71. The molecule has 2 aliphatic carbocycles. The van der Waals surface area contributed by atoms with Crippen LogP contribution >= 0.6 is 0 Å². The Morgan fingerprint density at radius 3 is 2.50 bits per heavy atom. The van der Waals surface area contributed by atoms with Gasteiger partial charge in [-0.1, -0.05) is 72.8 Å². The predicted molar refractivity (Wildman–Crippen MR) is 101 cm³/mol. The standard InChI is InChI=1S/C24H20/c1-2-7-17(8-3-1)20-11-6-12-21-22(20)15-16-23-19-10-5-4-9-18(19)13-14-24(21)23/h1-3,6-9,11-15H,4-5,10,16H2. The first-order valence-electron chi connectivity index (χ1n) is 8.92. The molecule has 3 aromatic carbocycles. The molecule has 0 bridgehead atoms. The molecule has 0 amide bonds. The maximum absolute atomic E-state index is 2.44. The maximum Gasteiger partial charge on any atom is -0.00789 e. The number of rotatable bonds is 1. The Morgan fingerprint density at radius 1 is 0.667 bits per heavy atom. The minimum Gasteiger partial charge on any atom is -0.0770 e. The number of hydrogen-bond donors (Lipinski definition) is 0. The first-order chi connectivity index (χ1) is 11.9. The zero-order valence-corrected chi connectivity index (χ0v) is 13.8. The van der Waals surface area contributed by atoms with Crippen molar-refractivity contribution in [3.8, 4) is 11.1 Å². The molecule has 0 radical (unpaired) electrons. The van der Waals surface area contributed by atoms with Gasteiger partial charge in [-0.05, 0) is 68.8 Å². The van der Waals surface area contributed by atoms with Crippen LogP contribution in [0.2, 0.25) is 0 Å². The fourth-order valence-corrected chi connectivity index (χ4v) is 4.31. The Morgan fingerprint density at radius 2 is 1.58 bits per heavy atom. The average Bonchev–Trinajstić information content (AvgIpc) is 2.67. The highest BCUT2D eigenvalue weighted by Crippen LogP contribution is 2.20. The molecule has 0 nitrogen and oxygen atoms in total. The molecular weight excluding hydrogens is 288 g/mol. The molecule has 24 heavy (non-hydrogen) atoms. The van der Waals surface area contributed by atoms with Crippen LogP contribution in [0.25, 0.3) is 23.3 Å².